The molecule has 0 atom stereocenters. The van der Waals surface area contributed by atoms with Crippen molar-refractivity contribution in [1.29, 1.82) is 0 Å². The van der Waals surface area contributed by atoms with Crippen LogP contribution in [0.15, 0.2) is 0 Å². The van der Waals surface area contributed by atoms with E-state index in [-0.39, 0.29) is 26.6 Å². The van der Waals surface area contributed by atoms with Gasteiger partial charge in [-0.3, -0.25) is 0 Å². The van der Waals surface area contributed by atoms with Gasteiger partial charge in [0.15, 0.2) is 0 Å². The van der Waals surface area contributed by atoms with Crippen LogP contribution in [0.4, 0.5) is 0 Å². The Bertz CT molecular complexity index is 54.0. The van der Waals surface area contributed by atoms with Gasteiger partial charge in [-0.15, -0.1) is 0 Å². The summed E-state index contributed by atoms with van der Waals surface area (Å²) in [6.07, 6.45) is 0. The van der Waals surface area contributed by atoms with Gasteiger partial charge in [-0.2, -0.15) is 0 Å². The Labute approximate surface area is 66.7 Å². The maximum absolute atomic E-state index is 3.63. The monoisotopic (exact) mass is 283 g/mol. The number of nitrogens with zero attached hydrogens (tertiary/aromatic N) is 1. The van der Waals surface area contributed by atoms with E-state index in [9.17, 15) is 0 Å². The molecule has 0 N–H and O–H groups in total. The molecule has 0 aliphatic rings. The van der Waals surface area contributed by atoms with Crippen LogP contribution in [0.3, 0.4) is 0 Å². The van der Waals surface area contributed by atoms with Crippen molar-refractivity contribution in [2.45, 2.75) is 26.3 Å². The van der Waals surface area contributed by atoms with Gasteiger partial charge in [-0.25, -0.2) is 0 Å². The van der Waals surface area contributed by atoms with Crippen molar-refractivity contribution in [3.8, 4) is 0 Å². The fraction of sp³-hybridized carbons (Fsp3) is 0.667. The van der Waals surface area contributed by atoms with Crippen LogP contribution in [-0.4, -0.2) is 10.4 Å². The van der Waals surface area contributed by atoms with Crippen LogP contribution in [0.5, 0.6) is 0 Å². The minimum atomic E-state index is 0. The van der Waals surface area contributed by atoms with Gasteiger partial charge in [0.2, 0.25) is 0 Å². The predicted octanol–water partition coefficient (Wildman–Crippen LogP) is 1.67. The van der Waals surface area contributed by atoms with Crippen LogP contribution in [0.1, 0.15) is 20.8 Å². The van der Waals surface area contributed by atoms with Crippen molar-refractivity contribution >= 4 is 0 Å². The fourth-order valence-corrected chi connectivity index (χ4v) is 0. The van der Waals surface area contributed by atoms with E-state index in [4.69, 9.17) is 0 Å². The van der Waals surface area contributed by atoms with E-state index in [2.05, 4.69) is 34.9 Å². The van der Waals surface area contributed by atoms with Crippen molar-refractivity contribution < 1.29 is 21.1 Å². The normalized spacial score (nSPS) is 11.2. The molecule has 48 valence electrons. The van der Waals surface area contributed by atoms with Crippen LogP contribution in [0, 0.1) is 14.1 Å². The first-order valence-electron chi connectivity index (χ1n) is 2.36. The average Bonchev–Trinajstić information content (AvgIpc) is 1.31. The average molecular weight is 283 g/mol. The predicted molar refractivity (Wildman–Crippen MR) is 32.3 cm³/mol. The molecule has 0 unspecified atom stereocenters. The summed E-state index contributed by atoms with van der Waals surface area (Å²) in [5.74, 6) is 0. The van der Waals surface area contributed by atoms with Crippen molar-refractivity contribution in [1.82, 2.24) is 4.90 Å². The van der Waals surface area contributed by atoms with Gasteiger partial charge in [-0.05, 0) is 5.54 Å². The summed E-state index contributed by atoms with van der Waals surface area (Å²) in [4.78, 5) is 1.69. The van der Waals surface area contributed by atoms with E-state index in [0.717, 1.165) is 0 Å². The smallest absolute Gasteiger partial charge is 0.606 e. The first-order chi connectivity index (χ1) is 2.94. The van der Waals surface area contributed by atoms with Crippen LogP contribution in [0.2, 0.25) is 0 Å². The third kappa shape index (κ3) is 4.80. The molecule has 0 radical (unpaired) electrons. The molecule has 0 bridgehead atoms. The molecule has 0 aliphatic heterocycles. The summed E-state index contributed by atoms with van der Waals surface area (Å²) >= 11 is 0. The summed E-state index contributed by atoms with van der Waals surface area (Å²) in [5, 5.41) is 0. The Morgan fingerprint density at radius 1 is 1.12 bits per heavy atom. The molecule has 0 saturated heterocycles. The van der Waals surface area contributed by atoms with Crippen molar-refractivity contribution in [2.24, 2.45) is 0 Å². The Balaban J connectivity index is 0. The summed E-state index contributed by atoms with van der Waals surface area (Å²) in [7, 11) is 7.26. The molecule has 2 heteroatoms. The first kappa shape index (κ1) is 11.4. The summed E-state index contributed by atoms with van der Waals surface area (Å²) in [6, 6.07) is 0. The molecule has 0 fully saturated rings. The second kappa shape index (κ2) is 3.63. The van der Waals surface area contributed by atoms with Crippen LogP contribution in [-0.2, 0) is 21.1 Å². The Morgan fingerprint density at radius 2 is 1.25 bits per heavy atom. The maximum atomic E-state index is 3.63. The van der Waals surface area contributed by atoms with Crippen molar-refractivity contribution in [2.75, 3.05) is 0 Å². The molecule has 1 nitrogen and oxygen atoms in total. The molecule has 8 heavy (non-hydrogen) atoms. The minimum absolute atomic E-state index is 0. The molecular formula is C6H13NW. The van der Waals surface area contributed by atoms with E-state index in [1.807, 2.05) is 0 Å². The minimum Gasteiger partial charge on any atom is -0.606 e. The van der Waals surface area contributed by atoms with E-state index < -0.39 is 0 Å². The summed E-state index contributed by atoms with van der Waals surface area (Å²) in [6.45, 7) is 6.19. The van der Waals surface area contributed by atoms with Crippen LogP contribution in [0.25, 0.3) is 0 Å². The van der Waals surface area contributed by atoms with Crippen molar-refractivity contribution in [3.63, 3.8) is 0 Å². The van der Waals surface area contributed by atoms with Gasteiger partial charge in [0, 0.05) is 0 Å². The van der Waals surface area contributed by atoms with E-state index in [1.165, 1.54) is 0 Å². The standard InChI is InChI=1S/C6H13N.W/c1-6(2,3)7(4)5;/h4-5H2,1-3H3;/q-2;+2. The molecule has 0 heterocycles. The van der Waals surface area contributed by atoms with Gasteiger partial charge >= 0.3 is 21.1 Å². The van der Waals surface area contributed by atoms with Gasteiger partial charge in [-0.1, -0.05) is 20.8 Å². The van der Waals surface area contributed by atoms with Crippen molar-refractivity contribution in [3.05, 3.63) is 14.1 Å². The van der Waals surface area contributed by atoms with E-state index in [1.54, 1.807) is 4.90 Å². The molecule has 0 rings (SSSR count). The maximum Gasteiger partial charge on any atom is 2.00 e. The largest absolute Gasteiger partial charge is 2.00 e. The van der Waals surface area contributed by atoms with Crippen LogP contribution >= 0.6 is 0 Å². The first-order valence-corrected chi connectivity index (χ1v) is 2.36. The molecule has 0 aromatic heterocycles. The van der Waals surface area contributed by atoms with E-state index >= 15 is 0 Å². The van der Waals surface area contributed by atoms with Gasteiger partial charge in [0.1, 0.15) is 0 Å². The number of rotatable bonds is 0. The van der Waals surface area contributed by atoms with Gasteiger partial charge in [0.25, 0.3) is 0 Å². The fourth-order valence-electron chi connectivity index (χ4n) is 0. The zero-order chi connectivity index (χ0) is 6.08. The molecule has 0 aromatic rings. The zero-order valence-corrected chi connectivity index (χ0v) is 8.70. The molecule has 0 aliphatic carbocycles. The molecule has 0 saturated carbocycles. The second-order valence-corrected chi connectivity index (χ2v) is 2.71. The zero-order valence-electron chi connectivity index (χ0n) is 5.77. The second-order valence-electron chi connectivity index (χ2n) is 2.71. The molecule has 0 aromatic carbocycles. The van der Waals surface area contributed by atoms with Gasteiger partial charge < -0.3 is 19.0 Å². The quantitative estimate of drug-likeness (QED) is 0.611. The molecule has 0 spiro atoms. The Morgan fingerprint density at radius 3 is 1.25 bits per heavy atom. The topological polar surface area (TPSA) is 3.24 Å². The SMILES string of the molecule is [CH2-]N([CH2-])C(C)(C)C.[W+2]. The van der Waals surface area contributed by atoms with Crippen LogP contribution < -0.4 is 0 Å². The third-order valence-corrected chi connectivity index (χ3v) is 0.949. The number of hydrogen-bond donors (Lipinski definition) is 0. The van der Waals surface area contributed by atoms with Gasteiger partial charge in [0.05, 0.1) is 0 Å². The summed E-state index contributed by atoms with van der Waals surface area (Å²) in [5.41, 5.74) is 0.111. The van der Waals surface area contributed by atoms with E-state index in [0.29, 0.717) is 0 Å². The third-order valence-electron chi connectivity index (χ3n) is 0.949. The number of hydrogen-bond acceptors (Lipinski definition) is 1. The molecular weight excluding hydrogens is 270 g/mol. The Hall–Kier alpha value is 0.648. The summed E-state index contributed by atoms with van der Waals surface area (Å²) < 4.78 is 0. The molecule has 0 amide bonds. The Kier molecular flexibility index (Phi) is 5.20.